The lowest BCUT2D eigenvalue weighted by atomic mass is 10.1. The predicted octanol–water partition coefficient (Wildman–Crippen LogP) is 3.09. The molecule has 0 N–H and O–H groups in total. The van der Waals surface area contributed by atoms with E-state index in [-0.39, 0.29) is 24.1 Å². The van der Waals surface area contributed by atoms with Gasteiger partial charge in [0.2, 0.25) is 0 Å². The number of terminal acetylenes is 1. The quantitative estimate of drug-likeness (QED) is 0.637. The van der Waals surface area contributed by atoms with Crippen LogP contribution in [0, 0.1) is 19.3 Å². The van der Waals surface area contributed by atoms with Crippen molar-refractivity contribution in [3.8, 4) is 12.3 Å². The van der Waals surface area contributed by atoms with Crippen LogP contribution < -0.4 is 5.56 Å². The molecule has 0 saturated carbocycles. The first-order chi connectivity index (χ1) is 10.8. The zero-order chi connectivity index (χ0) is 17.3. The van der Waals surface area contributed by atoms with E-state index in [1.165, 1.54) is 15.9 Å². The maximum atomic E-state index is 12.8. The lowest BCUT2D eigenvalue weighted by molar-refractivity contribution is 0.0383. The van der Waals surface area contributed by atoms with Crippen molar-refractivity contribution in [2.75, 3.05) is 0 Å². The summed E-state index contributed by atoms with van der Waals surface area (Å²) in [6.07, 6.45) is 5.16. The van der Waals surface area contributed by atoms with E-state index in [1.807, 2.05) is 13.8 Å². The monoisotopic (exact) mass is 332 g/mol. The molecule has 0 amide bonds. The fourth-order valence-electron chi connectivity index (χ4n) is 2.38. The highest BCUT2D eigenvalue weighted by atomic mass is 32.1. The SMILES string of the molecule is C#CCn1c(C(C)C)nc2sc(C(=O)OC(C)C)c(C)c2c1=O. The lowest BCUT2D eigenvalue weighted by Gasteiger charge is -2.12. The molecule has 0 aliphatic heterocycles. The van der Waals surface area contributed by atoms with Crippen LogP contribution in [0.3, 0.4) is 0 Å². The molecule has 0 aromatic carbocycles. The second-order valence-corrected chi connectivity index (χ2v) is 6.91. The van der Waals surface area contributed by atoms with Gasteiger partial charge >= 0.3 is 5.97 Å². The minimum absolute atomic E-state index is 0.0499. The van der Waals surface area contributed by atoms with E-state index < -0.39 is 5.97 Å². The summed E-state index contributed by atoms with van der Waals surface area (Å²) < 4.78 is 6.75. The molecule has 0 spiro atoms. The zero-order valence-electron chi connectivity index (χ0n) is 14.0. The van der Waals surface area contributed by atoms with Crippen LogP contribution >= 0.6 is 11.3 Å². The molecule has 2 rings (SSSR count). The molecule has 5 nitrogen and oxygen atoms in total. The van der Waals surface area contributed by atoms with Gasteiger partial charge in [0.15, 0.2) is 0 Å². The fourth-order valence-corrected chi connectivity index (χ4v) is 3.44. The molecule has 122 valence electrons. The van der Waals surface area contributed by atoms with Gasteiger partial charge in [0.05, 0.1) is 18.0 Å². The average Bonchev–Trinajstić information content (AvgIpc) is 2.78. The van der Waals surface area contributed by atoms with Crippen LogP contribution in [0.1, 0.15) is 54.7 Å². The zero-order valence-corrected chi connectivity index (χ0v) is 14.8. The van der Waals surface area contributed by atoms with E-state index in [9.17, 15) is 9.59 Å². The first-order valence-corrected chi connectivity index (χ1v) is 8.27. The van der Waals surface area contributed by atoms with Gasteiger partial charge in [-0.2, -0.15) is 0 Å². The third-order valence-corrected chi connectivity index (χ3v) is 4.54. The maximum absolute atomic E-state index is 12.8. The number of hydrogen-bond acceptors (Lipinski definition) is 5. The second kappa shape index (κ2) is 6.55. The average molecular weight is 332 g/mol. The summed E-state index contributed by atoms with van der Waals surface area (Å²) in [5.41, 5.74) is 0.406. The standard InChI is InChI=1S/C17H20N2O3S/c1-7-8-19-14(9(2)3)18-15-12(16(19)20)11(6)13(23-15)17(21)22-10(4)5/h1,9-10H,8H2,2-6H3. The van der Waals surface area contributed by atoms with Gasteiger partial charge in [0, 0.05) is 5.92 Å². The number of rotatable bonds is 4. The number of nitrogens with zero attached hydrogens (tertiary/aromatic N) is 2. The first kappa shape index (κ1) is 17.2. The van der Waals surface area contributed by atoms with Crippen molar-refractivity contribution < 1.29 is 9.53 Å². The summed E-state index contributed by atoms with van der Waals surface area (Å²) in [6, 6.07) is 0. The minimum Gasteiger partial charge on any atom is -0.459 e. The molecule has 2 heterocycles. The summed E-state index contributed by atoms with van der Waals surface area (Å²) in [5, 5.41) is 0.449. The summed E-state index contributed by atoms with van der Waals surface area (Å²) in [5.74, 6) is 2.75. The van der Waals surface area contributed by atoms with Crippen molar-refractivity contribution in [2.24, 2.45) is 0 Å². The third-order valence-electron chi connectivity index (χ3n) is 3.37. The Labute approximate surface area is 139 Å². The van der Waals surface area contributed by atoms with Gasteiger partial charge in [-0.25, -0.2) is 9.78 Å². The van der Waals surface area contributed by atoms with Gasteiger partial charge < -0.3 is 4.74 Å². The number of carbonyl (C=O) groups is 1. The molecule has 0 aliphatic rings. The maximum Gasteiger partial charge on any atom is 0.348 e. The number of aromatic nitrogens is 2. The van der Waals surface area contributed by atoms with E-state index in [0.29, 0.717) is 26.5 Å². The van der Waals surface area contributed by atoms with Gasteiger partial charge in [0.25, 0.3) is 5.56 Å². The number of esters is 1. The van der Waals surface area contributed by atoms with Crippen LogP contribution in [-0.4, -0.2) is 21.6 Å². The Morgan fingerprint density at radius 3 is 2.57 bits per heavy atom. The van der Waals surface area contributed by atoms with Crippen LogP contribution in [0.15, 0.2) is 4.79 Å². The number of aryl methyl sites for hydroxylation is 1. The second-order valence-electron chi connectivity index (χ2n) is 5.91. The van der Waals surface area contributed by atoms with Crippen molar-refractivity contribution in [3.63, 3.8) is 0 Å². The lowest BCUT2D eigenvalue weighted by Crippen LogP contribution is -2.25. The van der Waals surface area contributed by atoms with Crippen molar-refractivity contribution in [2.45, 2.75) is 53.2 Å². The molecular weight excluding hydrogens is 312 g/mol. The minimum atomic E-state index is -0.422. The van der Waals surface area contributed by atoms with Gasteiger partial charge in [-0.15, -0.1) is 17.8 Å². The van der Waals surface area contributed by atoms with Gasteiger partial charge in [0.1, 0.15) is 15.5 Å². The van der Waals surface area contributed by atoms with Gasteiger partial charge in [-0.1, -0.05) is 19.8 Å². The van der Waals surface area contributed by atoms with Crippen LogP contribution in [0.4, 0.5) is 0 Å². The van der Waals surface area contributed by atoms with E-state index in [0.717, 1.165) is 0 Å². The normalized spacial score (nSPS) is 11.2. The highest BCUT2D eigenvalue weighted by Crippen LogP contribution is 2.29. The molecule has 6 heteroatoms. The van der Waals surface area contributed by atoms with E-state index in [4.69, 9.17) is 11.2 Å². The molecule has 0 atom stereocenters. The van der Waals surface area contributed by atoms with Crippen molar-refractivity contribution >= 4 is 27.5 Å². The highest BCUT2D eigenvalue weighted by molar-refractivity contribution is 7.20. The number of fused-ring (bicyclic) bond motifs is 1. The molecule has 2 aromatic rings. The summed E-state index contributed by atoms with van der Waals surface area (Å²) >= 11 is 1.20. The number of hydrogen-bond donors (Lipinski definition) is 0. The van der Waals surface area contributed by atoms with E-state index in [1.54, 1.807) is 20.8 Å². The molecule has 2 aromatic heterocycles. The topological polar surface area (TPSA) is 61.2 Å². The smallest absolute Gasteiger partial charge is 0.348 e. The van der Waals surface area contributed by atoms with Crippen LogP contribution in [-0.2, 0) is 11.3 Å². The summed E-state index contributed by atoms with van der Waals surface area (Å²) in [6.45, 7) is 9.39. The van der Waals surface area contributed by atoms with Crippen molar-refractivity contribution in [1.29, 1.82) is 0 Å². The Hall–Kier alpha value is -2.13. The molecule has 0 unspecified atom stereocenters. The summed E-state index contributed by atoms with van der Waals surface area (Å²) in [7, 11) is 0. The van der Waals surface area contributed by atoms with Gasteiger partial charge in [-0.3, -0.25) is 9.36 Å². The molecule has 0 aliphatic carbocycles. The predicted molar refractivity (Wildman–Crippen MR) is 92.1 cm³/mol. The first-order valence-electron chi connectivity index (χ1n) is 7.46. The molecule has 23 heavy (non-hydrogen) atoms. The Kier molecular flexibility index (Phi) is 4.90. The Morgan fingerprint density at radius 2 is 2.04 bits per heavy atom. The Bertz CT molecular complexity index is 853. The molecular formula is C17H20N2O3S. The number of ether oxygens (including phenoxy) is 1. The van der Waals surface area contributed by atoms with Crippen LogP contribution in [0.2, 0.25) is 0 Å². The Morgan fingerprint density at radius 1 is 1.39 bits per heavy atom. The molecule has 0 fully saturated rings. The Balaban J connectivity index is 2.74. The largest absolute Gasteiger partial charge is 0.459 e. The number of carbonyl (C=O) groups excluding carboxylic acids is 1. The van der Waals surface area contributed by atoms with Gasteiger partial charge in [-0.05, 0) is 26.3 Å². The third kappa shape index (κ3) is 3.15. The van der Waals surface area contributed by atoms with Crippen LogP contribution in [0.25, 0.3) is 10.2 Å². The number of thiophene rings is 1. The van der Waals surface area contributed by atoms with Crippen molar-refractivity contribution in [1.82, 2.24) is 9.55 Å². The summed E-state index contributed by atoms with van der Waals surface area (Å²) in [4.78, 5) is 30.6. The van der Waals surface area contributed by atoms with Crippen LogP contribution in [0.5, 0.6) is 0 Å². The highest BCUT2D eigenvalue weighted by Gasteiger charge is 2.23. The fraction of sp³-hybridized carbons (Fsp3) is 0.471. The molecule has 0 radical (unpaired) electrons. The van der Waals surface area contributed by atoms with Crippen molar-refractivity contribution in [3.05, 3.63) is 26.6 Å². The molecule has 0 bridgehead atoms. The molecule has 0 saturated heterocycles. The van der Waals surface area contributed by atoms with E-state index in [2.05, 4.69) is 10.9 Å². The van der Waals surface area contributed by atoms with E-state index >= 15 is 0 Å².